The zero-order chi connectivity index (χ0) is 13.8. The SMILES string of the molecule is O=C(O)C1CCN(CCOc2c(Cl)cccc2Cl)C1. The first-order valence-electron chi connectivity index (χ1n) is 6.10. The molecule has 0 saturated carbocycles. The largest absolute Gasteiger partial charge is 0.489 e. The van der Waals surface area contributed by atoms with Crippen LogP contribution < -0.4 is 4.74 Å². The number of aliphatic carboxylic acids is 1. The van der Waals surface area contributed by atoms with Crippen LogP contribution in [0.3, 0.4) is 0 Å². The number of benzene rings is 1. The standard InChI is InChI=1S/C13H15Cl2NO3/c14-10-2-1-3-11(15)12(10)19-7-6-16-5-4-9(8-16)13(17)18/h1-3,9H,4-8H2,(H,17,18). The molecular formula is C13H15Cl2NO3. The summed E-state index contributed by atoms with van der Waals surface area (Å²) in [6.45, 7) is 2.48. The van der Waals surface area contributed by atoms with Crippen LogP contribution in [0.2, 0.25) is 10.0 Å². The van der Waals surface area contributed by atoms with Gasteiger partial charge in [-0.1, -0.05) is 29.3 Å². The van der Waals surface area contributed by atoms with Gasteiger partial charge >= 0.3 is 5.97 Å². The molecule has 1 aliphatic heterocycles. The van der Waals surface area contributed by atoms with E-state index in [-0.39, 0.29) is 5.92 Å². The van der Waals surface area contributed by atoms with Gasteiger partial charge in [-0.15, -0.1) is 0 Å². The van der Waals surface area contributed by atoms with Crippen LogP contribution in [0.15, 0.2) is 18.2 Å². The highest BCUT2D eigenvalue weighted by Gasteiger charge is 2.27. The third-order valence-corrected chi connectivity index (χ3v) is 3.79. The monoisotopic (exact) mass is 303 g/mol. The maximum atomic E-state index is 10.8. The van der Waals surface area contributed by atoms with Crippen molar-refractivity contribution < 1.29 is 14.6 Å². The van der Waals surface area contributed by atoms with Crippen molar-refractivity contribution in [3.63, 3.8) is 0 Å². The normalized spacial score (nSPS) is 19.6. The van der Waals surface area contributed by atoms with Gasteiger partial charge in [0, 0.05) is 13.1 Å². The van der Waals surface area contributed by atoms with Crippen LogP contribution in [0.25, 0.3) is 0 Å². The number of carbonyl (C=O) groups is 1. The molecular weight excluding hydrogens is 289 g/mol. The van der Waals surface area contributed by atoms with E-state index in [1.807, 2.05) is 0 Å². The average molecular weight is 304 g/mol. The number of carboxylic acid groups (broad SMARTS) is 1. The van der Waals surface area contributed by atoms with E-state index in [1.54, 1.807) is 18.2 Å². The minimum absolute atomic E-state index is 0.260. The molecule has 104 valence electrons. The van der Waals surface area contributed by atoms with Gasteiger partial charge < -0.3 is 9.84 Å². The summed E-state index contributed by atoms with van der Waals surface area (Å²) in [5.74, 6) is -0.499. The van der Waals surface area contributed by atoms with Gasteiger partial charge in [0.05, 0.1) is 16.0 Å². The van der Waals surface area contributed by atoms with Crippen molar-refractivity contribution >= 4 is 29.2 Å². The Morgan fingerprint density at radius 2 is 2.11 bits per heavy atom. The Bertz CT molecular complexity index is 447. The van der Waals surface area contributed by atoms with Crippen molar-refractivity contribution in [3.05, 3.63) is 28.2 Å². The molecule has 1 unspecified atom stereocenters. The summed E-state index contributed by atoms with van der Waals surface area (Å²) in [5, 5.41) is 9.88. The summed E-state index contributed by atoms with van der Waals surface area (Å²) in [6.07, 6.45) is 0.697. The fourth-order valence-electron chi connectivity index (χ4n) is 2.13. The third kappa shape index (κ3) is 3.75. The molecule has 6 heteroatoms. The number of para-hydroxylation sites is 1. The Morgan fingerprint density at radius 3 is 2.68 bits per heavy atom. The fraction of sp³-hybridized carbons (Fsp3) is 0.462. The second kappa shape index (κ2) is 6.46. The van der Waals surface area contributed by atoms with E-state index in [4.69, 9.17) is 33.0 Å². The average Bonchev–Trinajstić information content (AvgIpc) is 2.82. The minimum Gasteiger partial charge on any atom is -0.489 e. The molecule has 1 aliphatic rings. The van der Waals surface area contributed by atoms with E-state index in [0.717, 1.165) is 6.54 Å². The molecule has 0 radical (unpaired) electrons. The highest BCUT2D eigenvalue weighted by atomic mass is 35.5. The predicted octanol–water partition coefficient (Wildman–Crippen LogP) is 2.78. The molecule has 0 bridgehead atoms. The highest BCUT2D eigenvalue weighted by Crippen LogP contribution is 2.32. The summed E-state index contributed by atoms with van der Waals surface area (Å²) in [5.41, 5.74) is 0. The Hall–Kier alpha value is -0.970. The Morgan fingerprint density at radius 1 is 1.42 bits per heavy atom. The number of likely N-dealkylation sites (tertiary alicyclic amines) is 1. The molecule has 1 heterocycles. The molecule has 1 aromatic carbocycles. The molecule has 0 amide bonds. The summed E-state index contributed by atoms with van der Waals surface area (Å²) in [7, 11) is 0. The molecule has 0 aromatic heterocycles. The minimum atomic E-state index is -0.724. The first-order valence-corrected chi connectivity index (χ1v) is 6.85. The zero-order valence-corrected chi connectivity index (χ0v) is 11.8. The van der Waals surface area contributed by atoms with Crippen molar-refractivity contribution in [1.29, 1.82) is 0 Å². The van der Waals surface area contributed by atoms with Crippen molar-refractivity contribution in [2.24, 2.45) is 5.92 Å². The predicted molar refractivity (Wildman–Crippen MR) is 74.1 cm³/mol. The lowest BCUT2D eigenvalue weighted by Crippen LogP contribution is -2.27. The van der Waals surface area contributed by atoms with Crippen LogP contribution in [-0.4, -0.2) is 42.2 Å². The van der Waals surface area contributed by atoms with Crippen LogP contribution in [-0.2, 0) is 4.79 Å². The van der Waals surface area contributed by atoms with E-state index in [9.17, 15) is 4.79 Å². The van der Waals surface area contributed by atoms with Crippen molar-refractivity contribution in [2.75, 3.05) is 26.2 Å². The summed E-state index contributed by atoms with van der Waals surface area (Å²) in [4.78, 5) is 12.9. The van der Waals surface area contributed by atoms with Crippen molar-refractivity contribution in [2.45, 2.75) is 6.42 Å². The summed E-state index contributed by atoms with van der Waals surface area (Å²) in [6, 6.07) is 5.20. The number of nitrogens with zero attached hydrogens (tertiary/aromatic N) is 1. The zero-order valence-electron chi connectivity index (χ0n) is 10.3. The van der Waals surface area contributed by atoms with Crippen molar-refractivity contribution in [3.8, 4) is 5.75 Å². The topological polar surface area (TPSA) is 49.8 Å². The lowest BCUT2D eigenvalue weighted by Gasteiger charge is -2.16. The number of halogens is 2. The number of ether oxygens (including phenoxy) is 1. The van der Waals surface area contributed by atoms with Gasteiger partial charge in [0.15, 0.2) is 5.75 Å². The van der Waals surface area contributed by atoms with Gasteiger partial charge in [0.2, 0.25) is 0 Å². The molecule has 4 nitrogen and oxygen atoms in total. The summed E-state index contributed by atoms with van der Waals surface area (Å²) < 4.78 is 5.57. The number of hydrogen-bond acceptors (Lipinski definition) is 3. The van der Waals surface area contributed by atoms with Gasteiger partial charge in [-0.3, -0.25) is 9.69 Å². The van der Waals surface area contributed by atoms with Gasteiger partial charge in [0.25, 0.3) is 0 Å². The molecule has 0 aliphatic carbocycles. The smallest absolute Gasteiger partial charge is 0.307 e. The second-order valence-electron chi connectivity index (χ2n) is 4.52. The lowest BCUT2D eigenvalue weighted by molar-refractivity contribution is -0.141. The van der Waals surface area contributed by atoms with Gasteiger partial charge in [0.1, 0.15) is 6.61 Å². The number of rotatable bonds is 5. The number of hydrogen-bond donors (Lipinski definition) is 1. The van der Waals surface area contributed by atoms with Crippen LogP contribution in [0, 0.1) is 5.92 Å². The number of carboxylic acids is 1. The Kier molecular flexibility index (Phi) is 4.91. The molecule has 1 aromatic rings. The molecule has 0 spiro atoms. The van der Waals surface area contributed by atoms with Gasteiger partial charge in [-0.05, 0) is 25.1 Å². The van der Waals surface area contributed by atoms with Gasteiger partial charge in [-0.25, -0.2) is 0 Å². The van der Waals surface area contributed by atoms with Crippen LogP contribution >= 0.6 is 23.2 Å². The molecule has 2 rings (SSSR count). The van der Waals surface area contributed by atoms with E-state index >= 15 is 0 Å². The fourth-order valence-corrected chi connectivity index (χ4v) is 2.64. The van der Waals surface area contributed by atoms with E-state index < -0.39 is 5.97 Å². The highest BCUT2D eigenvalue weighted by molar-refractivity contribution is 6.37. The van der Waals surface area contributed by atoms with Crippen molar-refractivity contribution in [1.82, 2.24) is 4.90 Å². The molecule has 1 N–H and O–H groups in total. The first kappa shape index (κ1) is 14.4. The quantitative estimate of drug-likeness (QED) is 0.909. The first-order chi connectivity index (χ1) is 9.08. The maximum Gasteiger partial charge on any atom is 0.307 e. The Balaban J connectivity index is 1.80. The van der Waals surface area contributed by atoms with E-state index in [0.29, 0.717) is 41.9 Å². The second-order valence-corrected chi connectivity index (χ2v) is 5.34. The van der Waals surface area contributed by atoms with Crippen LogP contribution in [0.1, 0.15) is 6.42 Å². The lowest BCUT2D eigenvalue weighted by atomic mass is 10.1. The third-order valence-electron chi connectivity index (χ3n) is 3.19. The maximum absolute atomic E-state index is 10.8. The molecule has 1 fully saturated rings. The van der Waals surface area contributed by atoms with E-state index in [2.05, 4.69) is 4.90 Å². The van der Waals surface area contributed by atoms with Crippen LogP contribution in [0.5, 0.6) is 5.75 Å². The van der Waals surface area contributed by atoms with Gasteiger partial charge in [-0.2, -0.15) is 0 Å². The van der Waals surface area contributed by atoms with E-state index in [1.165, 1.54) is 0 Å². The molecule has 19 heavy (non-hydrogen) atoms. The summed E-state index contributed by atoms with van der Waals surface area (Å²) >= 11 is 12.0. The Labute approximate surface area is 121 Å². The molecule has 1 atom stereocenters. The molecule has 1 saturated heterocycles. The van der Waals surface area contributed by atoms with Crippen LogP contribution in [0.4, 0.5) is 0 Å².